The summed E-state index contributed by atoms with van der Waals surface area (Å²) in [6, 6.07) is 0.0219. The average molecular weight is 279 g/mol. The highest BCUT2D eigenvalue weighted by atomic mass is 16.2. The molecule has 112 valence electrons. The second-order valence-corrected chi connectivity index (χ2v) is 6.83. The Morgan fingerprint density at radius 3 is 2.55 bits per heavy atom. The Hall–Kier alpha value is -1.39. The third kappa shape index (κ3) is 4.62. The van der Waals surface area contributed by atoms with Gasteiger partial charge < -0.3 is 5.32 Å². The molecule has 2 amide bonds. The highest BCUT2D eigenvalue weighted by Crippen LogP contribution is 2.31. The van der Waals surface area contributed by atoms with Crippen LogP contribution in [0.1, 0.15) is 65.2 Å². The van der Waals surface area contributed by atoms with Gasteiger partial charge in [-0.3, -0.25) is 4.79 Å². The third-order valence-corrected chi connectivity index (χ3v) is 4.02. The Kier molecular flexibility index (Phi) is 4.78. The van der Waals surface area contributed by atoms with Crippen LogP contribution in [-0.4, -0.2) is 23.6 Å². The molecule has 2 rings (SSSR count). The van der Waals surface area contributed by atoms with E-state index in [-0.39, 0.29) is 23.3 Å². The van der Waals surface area contributed by atoms with Crippen molar-refractivity contribution in [1.82, 2.24) is 10.7 Å². The van der Waals surface area contributed by atoms with Crippen LogP contribution in [-0.2, 0) is 4.79 Å². The van der Waals surface area contributed by atoms with E-state index in [1.54, 1.807) is 0 Å². The quantitative estimate of drug-likeness (QED) is 0.763. The van der Waals surface area contributed by atoms with Crippen molar-refractivity contribution in [2.75, 3.05) is 0 Å². The molecular weight excluding hydrogens is 254 g/mol. The van der Waals surface area contributed by atoms with Gasteiger partial charge in [0.15, 0.2) is 0 Å². The van der Waals surface area contributed by atoms with Gasteiger partial charge in [-0.25, -0.2) is 10.2 Å². The van der Waals surface area contributed by atoms with Crippen molar-refractivity contribution in [1.29, 1.82) is 0 Å². The number of hydrazone groups is 1. The van der Waals surface area contributed by atoms with Crippen molar-refractivity contribution in [2.45, 2.75) is 71.3 Å². The lowest BCUT2D eigenvalue weighted by Gasteiger charge is -2.29. The first-order valence-electron chi connectivity index (χ1n) is 7.58. The zero-order valence-electron chi connectivity index (χ0n) is 12.5. The first-order chi connectivity index (χ1) is 9.44. The van der Waals surface area contributed by atoms with E-state index >= 15 is 0 Å². The van der Waals surface area contributed by atoms with Crippen molar-refractivity contribution >= 4 is 17.5 Å². The molecule has 0 unspecified atom stereocenters. The number of ketones is 1. The first kappa shape index (κ1) is 15.0. The minimum atomic E-state index is -0.250. The monoisotopic (exact) mass is 279 g/mol. The fourth-order valence-electron chi connectivity index (χ4n) is 3.17. The van der Waals surface area contributed by atoms with Crippen molar-refractivity contribution in [3.63, 3.8) is 0 Å². The minimum Gasteiger partial charge on any atom is -0.334 e. The maximum atomic E-state index is 11.8. The van der Waals surface area contributed by atoms with Gasteiger partial charge in [0, 0.05) is 24.6 Å². The van der Waals surface area contributed by atoms with E-state index in [1.807, 2.05) is 0 Å². The summed E-state index contributed by atoms with van der Waals surface area (Å²) >= 11 is 0. The Morgan fingerprint density at radius 2 is 1.90 bits per heavy atom. The summed E-state index contributed by atoms with van der Waals surface area (Å²) in [5.74, 6) is 0.203. The Morgan fingerprint density at radius 1 is 1.20 bits per heavy atom. The standard InChI is InChI=1S/C15H25N3O2/c1-15(2)9-12(8-13(19)10-15)17-18-14(20)16-11-6-4-3-5-7-11/h11H,3-10H2,1-2H3,(H2,16,18,20). The Balaban J connectivity index is 1.82. The van der Waals surface area contributed by atoms with E-state index < -0.39 is 0 Å². The maximum absolute atomic E-state index is 11.8. The molecule has 2 aliphatic carbocycles. The minimum absolute atomic E-state index is 0.0459. The molecule has 0 aliphatic heterocycles. The molecule has 2 aliphatic rings. The van der Waals surface area contributed by atoms with Gasteiger partial charge in [0.05, 0.1) is 0 Å². The summed E-state index contributed by atoms with van der Waals surface area (Å²) in [7, 11) is 0. The molecule has 0 aromatic carbocycles. The van der Waals surface area contributed by atoms with Crippen LogP contribution in [0.5, 0.6) is 0 Å². The summed E-state index contributed by atoms with van der Waals surface area (Å²) < 4.78 is 0. The molecule has 0 bridgehead atoms. The highest BCUT2D eigenvalue weighted by molar-refractivity contribution is 6.05. The summed E-state index contributed by atoms with van der Waals surface area (Å²) in [6.45, 7) is 4.11. The number of rotatable bonds is 2. The lowest BCUT2D eigenvalue weighted by Crippen LogP contribution is -2.41. The molecular formula is C15H25N3O2. The van der Waals surface area contributed by atoms with Crippen LogP contribution in [0.25, 0.3) is 0 Å². The van der Waals surface area contributed by atoms with Gasteiger partial charge in [-0.1, -0.05) is 33.1 Å². The van der Waals surface area contributed by atoms with Gasteiger partial charge in [0.1, 0.15) is 5.78 Å². The number of amides is 2. The van der Waals surface area contributed by atoms with Gasteiger partial charge in [-0.15, -0.1) is 0 Å². The largest absolute Gasteiger partial charge is 0.335 e. The second-order valence-electron chi connectivity index (χ2n) is 6.83. The summed E-state index contributed by atoms with van der Waals surface area (Å²) in [6.07, 6.45) is 7.46. The molecule has 2 fully saturated rings. The topological polar surface area (TPSA) is 70.6 Å². The Bertz CT molecular complexity index is 409. The molecule has 5 nitrogen and oxygen atoms in total. The van der Waals surface area contributed by atoms with Gasteiger partial charge in [0.2, 0.25) is 0 Å². The number of nitrogens with zero attached hydrogens (tertiary/aromatic N) is 1. The summed E-state index contributed by atoms with van der Waals surface area (Å²) in [5, 5.41) is 7.08. The van der Waals surface area contributed by atoms with E-state index in [2.05, 4.69) is 29.7 Å². The van der Waals surface area contributed by atoms with Crippen LogP contribution >= 0.6 is 0 Å². The van der Waals surface area contributed by atoms with Crippen molar-refractivity contribution in [3.05, 3.63) is 0 Å². The number of Topliss-reactive ketones (excluding diaryl/α,β-unsaturated/α-hetero) is 1. The smallest absolute Gasteiger partial charge is 0.334 e. The fraction of sp³-hybridized carbons (Fsp3) is 0.800. The molecule has 0 atom stereocenters. The highest BCUT2D eigenvalue weighted by Gasteiger charge is 2.30. The summed E-state index contributed by atoms with van der Waals surface area (Å²) in [4.78, 5) is 23.4. The molecule has 0 spiro atoms. The number of nitrogens with one attached hydrogen (secondary N) is 2. The predicted octanol–water partition coefficient (Wildman–Crippen LogP) is 2.75. The van der Waals surface area contributed by atoms with Crippen molar-refractivity contribution in [3.8, 4) is 0 Å². The number of carbonyl (C=O) groups excluding carboxylic acids is 2. The number of carbonyl (C=O) groups is 2. The Labute approximate surface area is 120 Å². The molecule has 0 saturated heterocycles. The molecule has 20 heavy (non-hydrogen) atoms. The predicted molar refractivity (Wildman–Crippen MR) is 78.6 cm³/mol. The van der Waals surface area contributed by atoms with Crippen molar-refractivity contribution < 1.29 is 9.59 Å². The van der Waals surface area contributed by atoms with Crippen LogP contribution in [0.4, 0.5) is 4.79 Å². The van der Waals surface area contributed by atoms with Crippen LogP contribution in [0.15, 0.2) is 5.10 Å². The number of hydrogen-bond acceptors (Lipinski definition) is 3. The first-order valence-corrected chi connectivity index (χ1v) is 7.58. The molecule has 0 aromatic heterocycles. The number of urea groups is 1. The summed E-state index contributed by atoms with van der Waals surface area (Å²) in [5.41, 5.74) is 3.28. The third-order valence-electron chi connectivity index (χ3n) is 4.02. The van der Waals surface area contributed by atoms with E-state index in [1.165, 1.54) is 19.3 Å². The molecule has 2 N–H and O–H groups in total. The van der Waals surface area contributed by atoms with Crippen molar-refractivity contribution in [2.24, 2.45) is 10.5 Å². The van der Waals surface area contributed by atoms with Crippen LogP contribution in [0.3, 0.4) is 0 Å². The van der Waals surface area contributed by atoms with Gasteiger partial charge in [0.25, 0.3) is 0 Å². The lowest BCUT2D eigenvalue weighted by molar-refractivity contribution is -0.120. The number of hydrogen-bond donors (Lipinski definition) is 2. The lowest BCUT2D eigenvalue weighted by atomic mass is 9.76. The van der Waals surface area contributed by atoms with E-state index in [9.17, 15) is 9.59 Å². The maximum Gasteiger partial charge on any atom is 0.335 e. The van der Waals surface area contributed by atoms with E-state index in [4.69, 9.17) is 0 Å². The zero-order valence-corrected chi connectivity index (χ0v) is 12.5. The molecule has 0 aromatic rings. The SMILES string of the molecule is CC1(C)CC(=O)CC(=NNC(=O)NC2CCCCC2)C1. The molecule has 0 heterocycles. The van der Waals surface area contributed by atoms with Gasteiger partial charge in [-0.2, -0.15) is 5.10 Å². The van der Waals surface area contributed by atoms with Crippen LogP contribution < -0.4 is 10.7 Å². The zero-order chi connectivity index (χ0) is 14.6. The van der Waals surface area contributed by atoms with E-state index in [0.29, 0.717) is 12.8 Å². The molecule has 0 radical (unpaired) electrons. The molecule has 5 heteroatoms. The van der Waals surface area contributed by atoms with Gasteiger partial charge >= 0.3 is 6.03 Å². The fourth-order valence-corrected chi connectivity index (χ4v) is 3.17. The van der Waals surface area contributed by atoms with Crippen LogP contribution in [0.2, 0.25) is 0 Å². The van der Waals surface area contributed by atoms with Gasteiger partial charge in [-0.05, 0) is 24.7 Å². The molecule has 2 saturated carbocycles. The van der Waals surface area contributed by atoms with E-state index in [0.717, 1.165) is 25.0 Å². The van der Waals surface area contributed by atoms with Crippen LogP contribution in [0, 0.1) is 5.41 Å². The average Bonchev–Trinajstić information content (AvgIpc) is 2.35. The second kappa shape index (κ2) is 6.37. The normalized spacial score (nSPS) is 25.5.